The molecule has 1 aliphatic carbocycles. The fourth-order valence-corrected chi connectivity index (χ4v) is 5.71. The zero-order chi connectivity index (χ0) is 17.6. The highest BCUT2D eigenvalue weighted by Gasteiger charge is 2.23. The first kappa shape index (κ1) is 16.8. The number of aryl methyl sites for hydroxylation is 2. The molecule has 1 amide bonds. The highest BCUT2D eigenvalue weighted by Crippen LogP contribution is 2.43. The summed E-state index contributed by atoms with van der Waals surface area (Å²) in [5, 5.41) is 2.89. The van der Waals surface area contributed by atoms with Crippen LogP contribution < -0.4 is 5.32 Å². The average molecular weight is 441 g/mol. The van der Waals surface area contributed by atoms with Crippen molar-refractivity contribution in [3.63, 3.8) is 0 Å². The van der Waals surface area contributed by atoms with Crippen molar-refractivity contribution in [1.82, 2.24) is 4.98 Å². The van der Waals surface area contributed by atoms with E-state index in [-0.39, 0.29) is 0 Å². The Morgan fingerprint density at radius 1 is 1.20 bits per heavy atom. The van der Waals surface area contributed by atoms with Crippen molar-refractivity contribution in [3.05, 3.63) is 55.8 Å². The summed E-state index contributed by atoms with van der Waals surface area (Å²) >= 11 is 6.55. The molecule has 0 bridgehead atoms. The average Bonchev–Trinajstić information content (AvgIpc) is 3.07. The predicted molar refractivity (Wildman–Crippen MR) is 99.5 cm³/mol. The minimum absolute atomic E-state index is 0.354. The fraction of sp³-hybridized carbons (Fsp3) is 0.176. The van der Waals surface area contributed by atoms with Crippen molar-refractivity contribution in [1.29, 1.82) is 0 Å². The van der Waals surface area contributed by atoms with Crippen LogP contribution in [0.5, 0.6) is 0 Å². The second kappa shape index (κ2) is 6.59. The van der Waals surface area contributed by atoms with Gasteiger partial charge in [-0.1, -0.05) is 17.4 Å². The van der Waals surface area contributed by atoms with Crippen molar-refractivity contribution in [2.45, 2.75) is 19.3 Å². The second-order valence-electron chi connectivity index (χ2n) is 5.59. The summed E-state index contributed by atoms with van der Waals surface area (Å²) in [6.07, 6.45) is 2.79. The number of rotatable bonds is 2. The summed E-state index contributed by atoms with van der Waals surface area (Å²) in [6, 6.07) is 5.40. The Morgan fingerprint density at radius 2 is 1.96 bits per heavy atom. The fourth-order valence-electron chi connectivity index (χ4n) is 2.85. The van der Waals surface area contributed by atoms with Gasteiger partial charge in [0.05, 0.1) is 14.4 Å². The molecule has 25 heavy (non-hydrogen) atoms. The van der Waals surface area contributed by atoms with Crippen LogP contribution in [0, 0.1) is 11.6 Å². The summed E-state index contributed by atoms with van der Waals surface area (Å²) in [6.45, 7) is 0. The maximum absolute atomic E-state index is 13.8. The van der Waals surface area contributed by atoms with Crippen LogP contribution >= 0.6 is 38.6 Å². The lowest BCUT2D eigenvalue weighted by atomic mass is 10.2. The number of hydrogen-bond donors (Lipinski definition) is 1. The number of fused-ring (bicyclic) bond motifs is 3. The number of nitrogens with zero attached hydrogens (tertiary/aromatic N) is 1. The van der Waals surface area contributed by atoms with Crippen LogP contribution in [0.1, 0.15) is 27.3 Å². The van der Waals surface area contributed by atoms with Gasteiger partial charge in [0.15, 0.2) is 5.13 Å². The van der Waals surface area contributed by atoms with E-state index < -0.39 is 23.1 Å². The number of carbonyl (C=O) groups excluding carboxylic acids is 1. The largest absolute Gasteiger partial charge is 0.298 e. The molecule has 1 aliphatic rings. The molecule has 4 rings (SSSR count). The van der Waals surface area contributed by atoms with E-state index in [0.717, 1.165) is 51.3 Å². The van der Waals surface area contributed by atoms with Crippen LogP contribution in [-0.2, 0) is 12.8 Å². The van der Waals surface area contributed by atoms with Gasteiger partial charge in [-0.2, -0.15) is 0 Å². The monoisotopic (exact) mass is 440 g/mol. The van der Waals surface area contributed by atoms with Crippen molar-refractivity contribution in [3.8, 4) is 10.4 Å². The van der Waals surface area contributed by atoms with E-state index in [2.05, 4.69) is 32.3 Å². The molecule has 0 spiro atoms. The van der Waals surface area contributed by atoms with Crippen molar-refractivity contribution >= 4 is 49.6 Å². The SMILES string of the molecule is O=C(Nc1nc2c(s1)-c1cc(Br)sc1CCC2)c1c(F)cccc1F. The molecule has 128 valence electrons. The van der Waals surface area contributed by atoms with Gasteiger partial charge in [-0.15, -0.1) is 11.3 Å². The zero-order valence-corrected chi connectivity index (χ0v) is 16.0. The Kier molecular flexibility index (Phi) is 4.43. The van der Waals surface area contributed by atoms with E-state index in [0.29, 0.717) is 5.13 Å². The van der Waals surface area contributed by atoms with Crippen LogP contribution in [0.25, 0.3) is 10.4 Å². The highest BCUT2D eigenvalue weighted by atomic mass is 79.9. The molecule has 0 saturated carbocycles. The zero-order valence-electron chi connectivity index (χ0n) is 12.7. The third-order valence-electron chi connectivity index (χ3n) is 3.95. The lowest BCUT2D eigenvalue weighted by molar-refractivity contribution is 0.101. The quantitative estimate of drug-likeness (QED) is 0.558. The maximum Gasteiger partial charge on any atom is 0.263 e. The van der Waals surface area contributed by atoms with Crippen molar-refractivity contribution in [2.24, 2.45) is 0 Å². The number of anilines is 1. The summed E-state index contributed by atoms with van der Waals surface area (Å²) in [5.74, 6) is -2.61. The molecule has 2 heterocycles. The number of hydrogen-bond acceptors (Lipinski definition) is 4. The van der Waals surface area contributed by atoms with E-state index >= 15 is 0 Å². The maximum atomic E-state index is 13.8. The van der Waals surface area contributed by atoms with Gasteiger partial charge in [0.2, 0.25) is 0 Å². The molecule has 0 radical (unpaired) electrons. The van der Waals surface area contributed by atoms with Gasteiger partial charge in [-0.3, -0.25) is 10.1 Å². The normalized spacial score (nSPS) is 13.1. The van der Waals surface area contributed by atoms with E-state index in [9.17, 15) is 13.6 Å². The van der Waals surface area contributed by atoms with Crippen molar-refractivity contribution in [2.75, 3.05) is 5.32 Å². The number of nitrogens with one attached hydrogen (secondary N) is 1. The Balaban J connectivity index is 1.68. The first-order valence-electron chi connectivity index (χ1n) is 7.56. The molecule has 0 saturated heterocycles. The summed E-state index contributed by atoms with van der Waals surface area (Å²) in [4.78, 5) is 19.0. The molecule has 0 unspecified atom stereocenters. The smallest absolute Gasteiger partial charge is 0.263 e. The van der Waals surface area contributed by atoms with Crippen molar-refractivity contribution < 1.29 is 13.6 Å². The Morgan fingerprint density at radius 3 is 2.72 bits per heavy atom. The summed E-state index contributed by atoms with van der Waals surface area (Å²) in [7, 11) is 0. The number of thiophene rings is 1. The second-order valence-corrected chi connectivity index (χ2v) is 9.10. The lowest BCUT2D eigenvalue weighted by Crippen LogP contribution is -2.15. The van der Waals surface area contributed by atoms with Crippen LogP contribution in [-0.4, -0.2) is 10.9 Å². The third-order valence-corrected chi connectivity index (χ3v) is 6.69. The number of amides is 1. The predicted octanol–water partition coefficient (Wildman–Crippen LogP) is 5.65. The van der Waals surface area contributed by atoms with Crippen LogP contribution in [0.4, 0.5) is 13.9 Å². The standard InChI is InChI=1S/C17H11BrF2N2OS2/c18-13-7-8-12(24-13)6-2-5-11-15(8)25-17(21-11)22-16(23)14-9(19)3-1-4-10(14)20/h1,3-4,7H,2,5-6H2,(H,21,22,23). The first-order valence-corrected chi connectivity index (χ1v) is 9.99. The van der Waals surface area contributed by atoms with E-state index in [4.69, 9.17) is 0 Å². The Labute approximate surface area is 158 Å². The topological polar surface area (TPSA) is 42.0 Å². The third kappa shape index (κ3) is 3.14. The Hall–Kier alpha value is -1.64. The molecule has 0 fully saturated rings. The molecule has 3 nitrogen and oxygen atoms in total. The molecule has 3 aromatic rings. The molecule has 2 aromatic heterocycles. The van der Waals surface area contributed by atoms with E-state index in [1.807, 2.05) is 0 Å². The Bertz CT molecular complexity index is 963. The minimum atomic E-state index is -0.889. The van der Waals surface area contributed by atoms with Gasteiger partial charge in [0.25, 0.3) is 5.91 Å². The number of thiazole rings is 1. The molecule has 8 heteroatoms. The molecule has 0 aliphatic heterocycles. The van der Waals surface area contributed by atoms with Gasteiger partial charge in [-0.25, -0.2) is 13.8 Å². The van der Waals surface area contributed by atoms with Gasteiger partial charge in [-0.05, 0) is 53.4 Å². The van der Waals surface area contributed by atoms with Crippen LogP contribution in [0.15, 0.2) is 28.1 Å². The lowest BCUT2D eigenvalue weighted by Gasteiger charge is -2.04. The van der Waals surface area contributed by atoms with Gasteiger partial charge in [0.1, 0.15) is 17.2 Å². The summed E-state index contributed by atoms with van der Waals surface area (Å²) < 4.78 is 28.6. The van der Waals surface area contributed by atoms with E-state index in [1.54, 1.807) is 11.3 Å². The number of benzene rings is 1. The van der Waals surface area contributed by atoms with Crippen LogP contribution in [0.3, 0.4) is 0 Å². The minimum Gasteiger partial charge on any atom is -0.298 e. The molecular formula is C17H11BrF2N2OS2. The highest BCUT2D eigenvalue weighted by molar-refractivity contribution is 9.11. The number of aromatic nitrogens is 1. The van der Waals surface area contributed by atoms with E-state index in [1.165, 1.54) is 22.3 Å². The van der Waals surface area contributed by atoms with Gasteiger partial charge >= 0.3 is 0 Å². The number of carbonyl (C=O) groups is 1. The van der Waals surface area contributed by atoms with Crippen LogP contribution in [0.2, 0.25) is 0 Å². The summed E-state index contributed by atoms with van der Waals surface area (Å²) in [5.41, 5.74) is 1.45. The molecule has 1 N–H and O–H groups in total. The molecular weight excluding hydrogens is 430 g/mol. The molecule has 0 atom stereocenters. The molecule has 1 aromatic carbocycles. The number of halogens is 3. The first-order chi connectivity index (χ1) is 12.0. The van der Waals surface area contributed by atoms with Gasteiger partial charge in [0, 0.05) is 10.4 Å². The van der Waals surface area contributed by atoms with Gasteiger partial charge < -0.3 is 0 Å².